The lowest BCUT2D eigenvalue weighted by Crippen LogP contribution is -2.30. The van der Waals surface area contributed by atoms with Crippen molar-refractivity contribution in [3.8, 4) is 0 Å². The molecule has 0 saturated carbocycles. The molecular weight excluding hydrogens is 364 g/mol. The summed E-state index contributed by atoms with van der Waals surface area (Å²) in [5, 5.41) is 2.33. The maximum atomic E-state index is 13.9. The fourth-order valence-electron chi connectivity index (χ4n) is 2.79. The summed E-state index contributed by atoms with van der Waals surface area (Å²) < 4.78 is 54.0. The number of hydrogen-bond donors (Lipinski definition) is 2. The molecule has 2 N–H and O–H groups in total. The summed E-state index contributed by atoms with van der Waals surface area (Å²) in [6.07, 6.45) is -0.422. The smallest absolute Gasteiger partial charge is 0.252 e. The topological polar surface area (TPSA) is 62.0 Å². The van der Waals surface area contributed by atoms with Gasteiger partial charge in [0.15, 0.2) is 11.6 Å². The number of carbonyl (C=O) groups is 1. The van der Waals surface area contributed by atoms with Gasteiger partial charge in [0, 0.05) is 22.6 Å². The number of benzene rings is 2. The Bertz CT molecular complexity index is 1090. The molecule has 27 heavy (non-hydrogen) atoms. The summed E-state index contributed by atoms with van der Waals surface area (Å²) >= 11 is 0. The van der Waals surface area contributed by atoms with Crippen molar-refractivity contribution in [3.05, 3.63) is 81.1 Å². The third-order valence-electron chi connectivity index (χ3n) is 4.15. The van der Waals surface area contributed by atoms with Gasteiger partial charge in [-0.1, -0.05) is 6.07 Å². The molecule has 0 bridgehead atoms. The van der Waals surface area contributed by atoms with Gasteiger partial charge in [-0.15, -0.1) is 0 Å². The van der Waals surface area contributed by atoms with Crippen LogP contribution in [0, 0.1) is 23.3 Å². The van der Waals surface area contributed by atoms with Gasteiger partial charge in [-0.2, -0.15) is 0 Å². The lowest BCUT2D eigenvalue weighted by Gasteiger charge is -2.15. The Balaban J connectivity index is 1.82. The fraction of sp³-hybridized carbons (Fsp3) is 0.158. The lowest BCUT2D eigenvalue weighted by molar-refractivity contribution is -0.121. The Morgan fingerprint density at radius 3 is 2.52 bits per heavy atom. The van der Waals surface area contributed by atoms with Crippen molar-refractivity contribution in [1.82, 2.24) is 10.3 Å². The van der Waals surface area contributed by atoms with E-state index < -0.39 is 47.2 Å². The van der Waals surface area contributed by atoms with Crippen molar-refractivity contribution < 1.29 is 22.4 Å². The number of rotatable bonds is 4. The first kappa shape index (κ1) is 18.6. The number of carbonyl (C=O) groups excluding carboxylic acids is 1. The Hall–Kier alpha value is -3.16. The zero-order valence-corrected chi connectivity index (χ0v) is 14.1. The molecule has 2 aromatic carbocycles. The first-order chi connectivity index (χ1) is 12.8. The average Bonchev–Trinajstić information content (AvgIpc) is 2.59. The number of H-pyrrole nitrogens is 1. The quantitative estimate of drug-likeness (QED) is 0.683. The molecule has 0 radical (unpaired) electrons. The summed E-state index contributed by atoms with van der Waals surface area (Å²) in [5.74, 6) is -4.40. The Kier molecular flexibility index (Phi) is 4.98. The van der Waals surface area contributed by atoms with Crippen molar-refractivity contribution in [2.24, 2.45) is 0 Å². The van der Waals surface area contributed by atoms with Crippen LogP contribution in [-0.2, 0) is 11.2 Å². The van der Waals surface area contributed by atoms with E-state index in [1.165, 1.54) is 19.1 Å². The second kappa shape index (κ2) is 7.22. The van der Waals surface area contributed by atoms with Crippen molar-refractivity contribution in [2.45, 2.75) is 19.4 Å². The molecular formula is C19H14F4N2O2. The minimum atomic E-state index is -1.13. The highest BCUT2D eigenvalue weighted by molar-refractivity contribution is 5.83. The van der Waals surface area contributed by atoms with E-state index in [-0.39, 0.29) is 22.0 Å². The number of pyridine rings is 1. The number of nitrogens with one attached hydrogen (secondary N) is 2. The first-order valence-corrected chi connectivity index (χ1v) is 8.00. The van der Waals surface area contributed by atoms with Gasteiger partial charge in [0.25, 0.3) is 5.56 Å². The zero-order valence-electron chi connectivity index (χ0n) is 14.1. The van der Waals surface area contributed by atoms with Crippen molar-refractivity contribution in [1.29, 1.82) is 0 Å². The average molecular weight is 378 g/mol. The minimum absolute atomic E-state index is 0.0729. The normalized spacial score (nSPS) is 12.2. The van der Waals surface area contributed by atoms with Crippen LogP contribution in [0.3, 0.4) is 0 Å². The maximum Gasteiger partial charge on any atom is 0.252 e. The van der Waals surface area contributed by atoms with Crippen molar-refractivity contribution in [3.63, 3.8) is 0 Å². The second-order valence-electron chi connectivity index (χ2n) is 6.08. The standard InChI is InChI=1S/C19H14F4N2O2/c1-9(12-3-2-11(20)8-15(12)22)24-17(26)7-10-6-13-16(25-19(10)27)5-4-14(21)18(13)23/h2-6,8-9H,7H2,1H3,(H,24,26)(H,25,27)/t9-/m0/s1. The lowest BCUT2D eigenvalue weighted by atomic mass is 10.1. The van der Waals surface area contributed by atoms with E-state index in [1.54, 1.807) is 0 Å². The van der Waals surface area contributed by atoms with Gasteiger partial charge in [-0.05, 0) is 31.2 Å². The minimum Gasteiger partial charge on any atom is -0.349 e. The molecule has 8 heteroatoms. The Morgan fingerprint density at radius 2 is 1.81 bits per heavy atom. The predicted molar refractivity (Wildman–Crippen MR) is 91.1 cm³/mol. The molecule has 0 fully saturated rings. The molecule has 0 aliphatic carbocycles. The summed E-state index contributed by atoms with van der Waals surface area (Å²) in [7, 11) is 0. The first-order valence-electron chi connectivity index (χ1n) is 8.00. The Morgan fingerprint density at radius 1 is 1.07 bits per heavy atom. The maximum absolute atomic E-state index is 13.9. The second-order valence-corrected chi connectivity index (χ2v) is 6.08. The van der Waals surface area contributed by atoms with Crippen LogP contribution in [0.1, 0.15) is 24.1 Å². The van der Waals surface area contributed by atoms with Gasteiger partial charge in [-0.25, -0.2) is 17.6 Å². The number of aromatic amines is 1. The van der Waals surface area contributed by atoms with Crippen LogP contribution < -0.4 is 10.9 Å². The largest absolute Gasteiger partial charge is 0.349 e. The molecule has 4 nitrogen and oxygen atoms in total. The zero-order chi connectivity index (χ0) is 19.7. The molecule has 1 amide bonds. The van der Waals surface area contributed by atoms with E-state index in [0.717, 1.165) is 18.2 Å². The number of fused-ring (bicyclic) bond motifs is 1. The summed E-state index contributed by atoms with van der Waals surface area (Å²) in [6, 6.07) is 5.39. The summed E-state index contributed by atoms with van der Waals surface area (Å²) in [5.41, 5.74) is -0.518. The molecule has 1 atom stereocenters. The van der Waals surface area contributed by atoms with Crippen LogP contribution in [0.25, 0.3) is 10.9 Å². The molecule has 3 rings (SSSR count). The van der Waals surface area contributed by atoms with Gasteiger partial charge in [0.05, 0.1) is 18.0 Å². The van der Waals surface area contributed by atoms with Gasteiger partial charge < -0.3 is 10.3 Å². The van der Waals surface area contributed by atoms with E-state index in [1.807, 2.05) is 0 Å². The number of hydrogen-bond acceptors (Lipinski definition) is 2. The van der Waals surface area contributed by atoms with E-state index in [4.69, 9.17) is 0 Å². The van der Waals surface area contributed by atoms with Crippen LogP contribution in [0.15, 0.2) is 41.2 Å². The van der Waals surface area contributed by atoms with E-state index >= 15 is 0 Å². The molecule has 1 heterocycles. The van der Waals surface area contributed by atoms with Gasteiger partial charge in [-0.3, -0.25) is 9.59 Å². The van der Waals surface area contributed by atoms with Crippen LogP contribution in [0.2, 0.25) is 0 Å². The van der Waals surface area contributed by atoms with Gasteiger partial charge in [0.2, 0.25) is 5.91 Å². The van der Waals surface area contributed by atoms with Crippen molar-refractivity contribution >= 4 is 16.8 Å². The van der Waals surface area contributed by atoms with Gasteiger partial charge >= 0.3 is 0 Å². The number of halogens is 4. The fourth-order valence-corrected chi connectivity index (χ4v) is 2.79. The summed E-state index contributed by atoms with van der Waals surface area (Å²) in [6.45, 7) is 1.49. The highest BCUT2D eigenvalue weighted by Crippen LogP contribution is 2.20. The molecule has 0 unspecified atom stereocenters. The highest BCUT2D eigenvalue weighted by atomic mass is 19.2. The number of amides is 1. The molecule has 140 valence electrons. The molecule has 0 spiro atoms. The number of aromatic nitrogens is 1. The molecule has 0 aliphatic heterocycles. The van der Waals surface area contributed by atoms with Crippen LogP contribution in [-0.4, -0.2) is 10.9 Å². The van der Waals surface area contributed by atoms with Crippen LogP contribution >= 0.6 is 0 Å². The molecule has 3 aromatic rings. The van der Waals surface area contributed by atoms with Crippen molar-refractivity contribution in [2.75, 3.05) is 0 Å². The van der Waals surface area contributed by atoms with Crippen LogP contribution in [0.4, 0.5) is 17.6 Å². The van der Waals surface area contributed by atoms with E-state index in [9.17, 15) is 27.2 Å². The SMILES string of the molecule is C[C@H](NC(=O)Cc1cc2c(F)c(F)ccc2[nH]c1=O)c1ccc(F)cc1F. The molecule has 1 aromatic heterocycles. The third-order valence-corrected chi connectivity index (χ3v) is 4.15. The highest BCUT2D eigenvalue weighted by Gasteiger charge is 2.17. The molecule has 0 saturated heterocycles. The third kappa shape index (κ3) is 3.84. The Labute approximate surface area is 150 Å². The van der Waals surface area contributed by atoms with E-state index in [2.05, 4.69) is 10.3 Å². The summed E-state index contributed by atoms with van der Waals surface area (Å²) in [4.78, 5) is 26.6. The predicted octanol–water partition coefficient (Wildman–Crippen LogP) is 3.50. The monoisotopic (exact) mass is 378 g/mol. The van der Waals surface area contributed by atoms with E-state index in [0.29, 0.717) is 6.07 Å². The van der Waals surface area contributed by atoms with Gasteiger partial charge in [0.1, 0.15) is 11.6 Å². The molecule has 0 aliphatic rings. The van der Waals surface area contributed by atoms with Crippen LogP contribution in [0.5, 0.6) is 0 Å².